The van der Waals surface area contributed by atoms with Gasteiger partial charge in [-0.2, -0.15) is 0 Å². The van der Waals surface area contributed by atoms with E-state index in [0.717, 1.165) is 36.7 Å². The largest absolute Gasteiger partial charge is 0.490 e. The first kappa shape index (κ1) is 19.3. The van der Waals surface area contributed by atoms with Gasteiger partial charge < -0.3 is 19.7 Å². The molecule has 0 bridgehead atoms. The van der Waals surface area contributed by atoms with E-state index < -0.39 is 0 Å². The molecule has 0 atom stereocenters. The molecule has 0 fully saturated rings. The molecule has 0 saturated carbocycles. The van der Waals surface area contributed by atoms with Crippen molar-refractivity contribution in [2.45, 2.75) is 27.0 Å². The zero-order valence-electron chi connectivity index (χ0n) is 15.8. The Hall–Kier alpha value is -2.04. The lowest BCUT2D eigenvalue weighted by atomic mass is 10.1. The SMILES string of the molecule is CCOc1cc(CNCCN(C)C)ccc1OCc1cccc(C)c1. The molecule has 0 amide bonds. The summed E-state index contributed by atoms with van der Waals surface area (Å²) in [6.07, 6.45) is 0. The monoisotopic (exact) mass is 342 g/mol. The summed E-state index contributed by atoms with van der Waals surface area (Å²) >= 11 is 0. The molecule has 0 aliphatic heterocycles. The Morgan fingerprint density at radius 2 is 1.80 bits per heavy atom. The molecule has 4 heteroatoms. The third-order valence-corrected chi connectivity index (χ3v) is 3.85. The number of hydrogen-bond donors (Lipinski definition) is 1. The summed E-state index contributed by atoms with van der Waals surface area (Å²) in [6, 6.07) is 14.5. The summed E-state index contributed by atoms with van der Waals surface area (Å²) in [5.74, 6) is 1.60. The van der Waals surface area contributed by atoms with Crippen LogP contribution in [0.3, 0.4) is 0 Å². The van der Waals surface area contributed by atoms with Gasteiger partial charge >= 0.3 is 0 Å². The molecule has 25 heavy (non-hydrogen) atoms. The standard InChI is InChI=1S/C21H30N2O2/c1-5-24-21-14-18(15-22-11-12-23(3)4)9-10-20(21)25-16-19-8-6-7-17(2)13-19/h6-10,13-14,22H,5,11-12,15-16H2,1-4H3. The minimum Gasteiger partial charge on any atom is -0.490 e. The number of likely N-dealkylation sites (N-methyl/N-ethyl adjacent to an activating group) is 1. The first-order valence-corrected chi connectivity index (χ1v) is 8.88. The lowest BCUT2D eigenvalue weighted by molar-refractivity contribution is 0.269. The maximum atomic E-state index is 5.99. The van der Waals surface area contributed by atoms with Crippen LogP contribution in [0.4, 0.5) is 0 Å². The number of nitrogens with zero attached hydrogens (tertiary/aromatic N) is 1. The second-order valence-corrected chi connectivity index (χ2v) is 6.47. The Morgan fingerprint density at radius 3 is 2.52 bits per heavy atom. The highest BCUT2D eigenvalue weighted by Crippen LogP contribution is 2.29. The Bertz CT molecular complexity index is 656. The molecule has 0 radical (unpaired) electrons. The summed E-state index contributed by atoms with van der Waals surface area (Å²) < 4.78 is 11.8. The van der Waals surface area contributed by atoms with Crippen molar-refractivity contribution in [1.82, 2.24) is 10.2 Å². The van der Waals surface area contributed by atoms with Crippen LogP contribution in [0.25, 0.3) is 0 Å². The second kappa shape index (κ2) is 10.1. The minimum absolute atomic E-state index is 0.544. The Kier molecular flexibility index (Phi) is 7.76. The average molecular weight is 342 g/mol. The molecular weight excluding hydrogens is 312 g/mol. The predicted molar refractivity (Wildman–Crippen MR) is 103 cm³/mol. The van der Waals surface area contributed by atoms with Gasteiger partial charge in [-0.15, -0.1) is 0 Å². The third kappa shape index (κ3) is 6.77. The van der Waals surface area contributed by atoms with Crippen LogP contribution in [0.1, 0.15) is 23.6 Å². The number of ether oxygens (including phenoxy) is 2. The molecule has 1 N–H and O–H groups in total. The third-order valence-electron chi connectivity index (χ3n) is 3.85. The van der Waals surface area contributed by atoms with E-state index in [0.29, 0.717) is 13.2 Å². The van der Waals surface area contributed by atoms with Gasteiger partial charge in [0.2, 0.25) is 0 Å². The van der Waals surface area contributed by atoms with Crippen molar-refractivity contribution in [3.63, 3.8) is 0 Å². The van der Waals surface area contributed by atoms with E-state index >= 15 is 0 Å². The average Bonchev–Trinajstić information content (AvgIpc) is 2.58. The Morgan fingerprint density at radius 1 is 0.960 bits per heavy atom. The Balaban J connectivity index is 1.97. The fourth-order valence-corrected chi connectivity index (χ4v) is 2.55. The van der Waals surface area contributed by atoms with E-state index in [1.54, 1.807) is 0 Å². The van der Waals surface area contributed by atoms with E-state index in [9.17, 15) is 0 Å². The van der Waals surface area contributed by atoms with Crippen LogP contribution in [-0.4, -0.2) is 38.7 Å². The van der Waals surface area contributed by atoms with Gasteiger partial charge in [-0.3, -0.25) is 0 Å². The van der Waals surface area contributed by atoms with Crippen molar-refractivity contribution in [2.24, 2.45) is 0 Å². The molecule has 0 heterocycles. The summed E-state index contributed by atoms with van der Waals surface area (Å²) in [5.41, 5.74) is 3.60. The molecule has 2 rings (SSSR count). The first-order valence-electron chi connectivity index (χ1n) is 8.88. The highest BCUT2D eigenvalue weighted by molar-refractivity contribution is 5.43. The van der Waals surface area contributed by atoms with Crippen LogP contribution in [0, 0.1) is 6.92 Å². The van der Waals surface area contributed by atoms with E-state index in [4.69, 9.17) is 9.47 Å². The second-order valence-electron chi connectivity index (χ2n) is 6.47. The highest BCUT2D eigenvalue weighted by Gasteiger charge is 2.07. The summed E-state index contributed by atoms with van der Waals surface area (Å²) in [4.78, 5) is 2.17. The van der Waals surface area contributed by atoms with E-state index in [-0.39, 0.29) is 0 Å². The maximum absolute atomic E-state index is 5.99. The van der Waals surface area contributed by atoms with Crippen molar-refractivity contribution in [3.8, 4) is 11.5 Å². The quantitative estimate of drug-likeness (QED) is 0.669. The van der Waals surface area contributed by atoms with E-state index in [1.807, 2.05) is 13.0 Å². The molecule has 0 saturated heterocycles. The maximum Gasteiger partial charge on any atom is 0.161 e. The van der Waals surface area contributed by atoms with Gasteiger partial charge in [0.1, 0.15) is 6.61 Å². The van der Waals surface area contributed by atoms with Gasteiger partial charge in [0.05, 0.1) is 6.61 Å². The lowest BCUT2D eigenvalue weighted by Gasteiger charge is -2.15. The zero-order chi connectivity index (χ0) is 18.1. The van der Waals surface area contributed by atoms with Gasteiger partial charge in [-0.05, 0) is 51.2 Å². The van der Waals surface area contributed by atoms with Crippen LogP contribution < -0.4 is 14.8 Å². The molecule has 0 spiro atoms. The van der Waals surface area contributed by atoms with E-state index in [1.165, 1.54) is 11.1 Å². The topological polar surface area (TPSA) is 33.7 Å². The fourth-order valence-electron chi connectivity index (χ4n) is 2.55. The first-order chi connectivity index (χ1) is 12.1. The molecule has 4 nitrogen and oxygen atoms in total. The molecule has 0 aliphatic carbocycles. The molecule has 0 aromatic heterocycles. The lowest BCUT2D eigenvalue weighted by Crippen LogP contribution is -2.26. The summed E-state index contributed by atoms with van der Waals surface area (Å²) in [5, 5.41) is 3.45. The van der Waals surface area contributed by atoms with Crippen LogP contribution >= 0.6 is 0 Å². The molecule has 2 aromatic rings. The van der Waals surface area contributed by atoms with Gasteiger partial charge in [-0.1, -0.05) is 35.9 Å². The highest BCUT2D eigenvalue weighted by atomic mass is 16.5. The zero-order valence-corrected chi connectivity index (χ0v) is 15.8. The molecule has 0 unspecified atom stereocenters. The normalized spacial score (nSPS) is 10.9. The summed E-state index contributed by atoms with van der Waals surface area (Å²) in [7, 11) is 4.16. The van der Waals surface area contributed by atoms with Crippen molar-refractivity contribution >= 4 is 0 Å². The van der Waals surface area contributed by atoms with Crippen LogP contribution in [0.2, 0.25) is 0 Å². The Labute approximate surface area is 151 Å². The fraction of sp³-hybridized carbons (Fsp3) is 0.429. The number of benzene rings is 2. The molecule has 0 aliphatic rings. The van der Waals surface area contributed by atoms with Crippen molar-refractivity contribution in [2.75, 3.05) is 33.8 Å². The minimum atomic E-state index is 0.544. The van der Waals surface area contributed by atoms with Crippen LogP contribution in [-0.2, 0) is 13.2 Å². The van der Waals surface area contributed by atoms with E-state index in [2.05, 4.69) is 67.6 Å². The van der Waals surface area contributed by atoms with Crippen molar-refractivity contribution in [1.29, 1.82) is 0 Å². The molecule has 2 aromatic carbocycles. The van der Waals surface area contributed by atoms with Crippen LogP contribution in [0.5, 0.6) is 11.5 Å². The van der Waals surface area contributed by atoms with Gasteiger partial charge in [0.15, 0.2) is 11.5 Å². The van der Waals surface area contributed by atoms with Gasteiger partial charge in [-0.25, -0.2) is 0 Å². The smallest absolute Gasteiger partial charge is 0.161 e. The van der Waals surface area contributed by atoms with Crippen molar-refractivity contribution in [3.05, 3.63) is 59.2 Å². The van der Waals surface area contributed by atoms with Crippen LogP contribution in [0.15, 0.2) is 42.5 Å². The number of aryl methyl sites for hydroxylation is 1. The van der Waals surface area contributed by atoms with Gasteiger partial charge in [0, 0.05) is 19.6 Å². The van der Waals surface area contributed by atoms with Crippen molar-refractivity contribution < 1.29 is 9.47 Å². The number of hydrogen-bond acceptors (Lipinski definition) is 4. The van der Waals surface area contributed by atoms with Gasteiger partial charge in [0.25, 0.3) is 0 Å². The molecule has 136 valence electrons. The number of nitrogens with one attached hydrogen (secondary N) is 1. The molecular formula is C21H30N2O2. The number of rotatable bonds is 10. The predicted octanol–water partition coefficient (Wildman–Crippen LogP) is 3.62. The summed E-state index contributed by atoms with van der Waals surface area (Å²) in [6.45, 7) is 8.06.